The number of carboxylic acids is 1. The first-order chi connectivity index (χ1) is 12.0. The molecule has 0 unspecified atom stereocenters. The first-order valence-electron chi connectivity index (χ1n) is 8.13. The van der Waals surface area contributed by atoms with Gasteiger partial charge in [0, 0.05) is 24.2 Å². The summed E-state index contributed by atoms with van der Waals surface area (Å²) in [4.78, 5) is 24.2. The van der Waals surface area contributed by atoms with E-state index in [9.17, 15) is 14.7 Å². The molecule has 1 aliphatic heterocycles. The molecule has 2 aromatic rings. The molecule has 0 spiro atoms. The topological polar surface area (TPSA) is 57.6 Å². The monoisotopic (exact) mass is 333 g/mol. The van der Waals surface area contributed by atoms with E-state index < -0.39 is 5.97 Å². The summed E-state index contributed by atoms with van der Waals surface area (Å²) >= 11 is 0. The van der Waals surface area contributed by atoms with Gasteiger partial charge in [-0.05, 0) is 53.8 Å². The number of benzene rings is 2. The quantitative estimate of drug-likeness (QED) is 0.694. The molecular weight excluding hydrogens is 314 g/mol. The Labute approximate surface area is 147 Å². The number of hydrogen-bond acceptors (Lipinski definition) is 2. The van der Waals surface area contributed by atoms with Crippen LogP contribution in [0.25, 0.3) is 0 Å². The minimum Gasteiger partial charge on any atom is -0.481 e. The van der Waals surface area contributed by atoms with Gasteiger partial charge >= 0.3 is 5.97 Å². The normalized spacial score (nSPS) is 12.3. The van der Waals surface area contributed by atoms with Crippen molar-refractivity contribution in [1.29, 1.82) is 0 Å². The lowest BCUT2D eigenvalue weighted by atomic mass is 9.87. The van der Waals surface area contributed by atoms with Crippen LogP contribution < -0.4 is 0 Å². The summed E-state index contributed by atoms with van der Waals surface area (Å²) in [5, 5.41) is 9.32. The van der Waals surface area contributed by atoms with Gasteiger partial charge in [0.15, 0.2) is 0 Å². The predicted octanol–water partition coefficient (Wildman–Crippen LogP) is 2.80. The van der Waals surface area contributed by atoms with E-state index in [1.165, 1.54) is 0 Å². The molecule has 126 valence electrons. The number of carboxylic acid groups (broad SMARTS) is 1. The van der Waals surface area contributed by atoms with Gasteiger partial charge in [-0.2, -0.15) is 0 Å². The maximum absolute atomic E-state index is 11.4. The Bertz CT molecular complexity index is 904. The van der Waals surface area contributed by atoms with Crippen LogP contribution in [0.5, 0.6) is 0 Å². The molecule has 4 nitrogen and oxygen atoms in total. The van der Waals surface area contributed by atoms with E-state index in [-0.39, 0.29) is 6.42 Å². The molecule has 0 fully saturated rings. The number of hydrogen-bond donors (Lipinski definition) is 1. The largest absolute Gasteiger partial charge is 0.481 e. The highest BCUT2D eigenvalue weighted by atomic mass is 16.4. The smallest absolute Gasteiger partial charge is 0.307 e. The number of rotatable bonds is 3. The Morgan fingerprint density at radius 2 is 1.76 bits per heavy atom. The van der Waals surface area contributed by atoms with Crippen LogP contribution in [0.3, 0.4) is 0 Å². The lowest BCUT2D eigenvalue weighted by Crippen LogP contribution is -2.13. The summed E-state index contributed by atoms with van der Waals surface area (Å²) in [5.41, 5.74) is 6.47. The highest BCUT2D eigenvalue weighted by Gasteiger charge is 2.26. The molecule has 1 aliphatic rings. The molecule has 0 radical (unpaired) electrons. The fourth-order valence-electron chi connectivity index (χ4n) is 3.36. The van der Waals surface area contributed by atoms with Gasteiger partial charge in [0.2, 0.25) is 6.41 Å². The van der Waals surface area contributed by atoms with Gasteiger partial charge in [0.1, 0.15) is 0 Å². The van der Waals surface area contributed by atoms with Crippen LogP contribution in [0.1, 0.15) is 38.9 Å². The van der Waals surface area contributed by atoms with Gasteiger partial charge in [-0.25, -0.2) is 0 Å². The summed E-state index contributed by atoms with van der Waals surface area (Å²) in [7, 11) is 0. The molecule has 2 aromatic carbocycles. The number of aliphatic carboxylic acids is 1. The van der Waals surface area contributed by atoms with E-state index in [1.54, 1.807) is 4.90 Å². The van der Waals surface area contributed by atoms with E-state index in [0.717, 1.165) is 45.4 Å². The molecule has 0 saturated heterocycles. The zero-order valence-electron chi connectivity index (χ0n) is 14.3. The fraction of sp³-hybridized carbons (Fsp3) is 0.238. The molecule has 0 aromatic heterocycles. The molecule has 1 amide bonds. The van der Waals surface area contributed by atoms with Crippen LogP contribution in [0.2, 0.25) is 0 Å². The average Bonchev–Trinajstić information content (AvgIpc) is 3.04. The second kappa shape index (κ2) is 6.82. The summed E-state index contributed by atoms with van der Waals surface area (Å²) in [6, 6.07) is 9.62. The summed E-state index contributed by atoms with van der Waals surface area (Å²) < 4.78 is 0. The van der Waals surface area contributed by atoms with Crippen molar-refractivity contribution in [2.75, 3.05) is 0 Å². The van der Waals surface area contributed by atoms with Crippen LogP contribution in [0.4, 0.5) is 0 Å². The molecule has 25 heavy (non-hydrogen) atoms. The minimum atomic E-state index is -0.879. The van der Waals surface area contributed by atoms with Crippen molar-refractivity contribution in [2.24, 2.45) is 0 Å². The maximum atomic E-state index is 11.4. The molecule has 1 N–H and O–H groups in total. The van der Waals surface area contributed by atoms with Crippen LogP contribution in [-0.2, 0) is 29.1 Å². The predicted molar refractivity (Wildman–Crippen MR) is 95.0 cm³/mol. The van der Waals surface area contributed by atoms with Crippen molar-refractivity contribution in [3.8, 4) is 11.8 Å². The second-order valence-electron chi connectivity index (χ2n) is 6.26. The van der Waals surface area contributed by atoms with Gasteiger partial charge in [-0.1, -0.05) is 30.0 Å². The zero-order valence-corrected chi connectivity index (χ0v) is 14.3. The Morgan fingerprint density at radius 3 is 2.36 bits per heavy atom. The van der Waals surface area contributed by atoms with Crippen molar-refractivity contribution in [2.45, 2.75) is 33.4 Å². The second-order valence-corrected chi connectivity index (χ2v) is 6.26. The molecule has 0 saturated carbocycles. The molecule has 0 atom stereocenters. The maximum Gasteiger partial charge on any atom is 0.307 e. The number of nitrogens with zero attached hydrogens (tertiary/aromatic N) is 1. The molecule has 3 rings (SSSR count). The molecule has 0 aliphatic carbocycles. The summed E-state index contributed by atoms with van der Waals surface area (Å²) in [6.07, 6.45) is 0.769. The summed E-state index contributed by atoms with van der Waals surface area (Å²) in [5.74, 6) is 5.44. The Kier molecular flexibility index (Phi) is 4.58. The Hall–Kier alpha value is -3.06. The van der Waals surface area contributed by atoms with Crippen molar-refractivity contribution in [3.05, 3.63) is 69.3 Å². The van der Waals surface area contributed by atoms with Gasteiger partial charge in [0.25, 0.3) is 0 Å². The Morgan fingerprint density at radius 1 is 1.12 bits per heavy atom. The first kappa shape index (κ1) is 16.8. The number of carbonyl (C=O) groups excluding carboxylic acids is 1. The molecular formula is C21H19NO3. The van der Waals surface area contributed by atoms with Crippen molar-refractivity contribution in [1.82, 2.24) is 4.90 Å². The van der Waals surface area contributed by atoms with Crippen LogP contribution in [0.15, 0.2) is 30.3 Å². The van der Waals surface area contributed by atoms with E-state index in [0.29, 0.717) is 13.1 Å². The first-order valence-corrected chi connectivity index (χ1v) is 8.13. The van der Waals surface area contributed by atoms with Gasteiger partial charge in [-0.3, -0.25) is 9.59 Å². The van der Waals surface area contributed by atoms with E-state index in [1.807, 2.05) is 44.2 Å². The third-order valence-corrected chi connectivity index (χ3v) is 4.70. The number of carbonyl (C=O) groups is 2. The lowest BCUT2D eigenvalue weighted by molar-refractivity contribution is -0.136. The van der Waals surface area contributed by atoms with E-state index >= 15 is 0 Å². The molecule has 1 heterocycles. The minimum absolute atomic E-state index is 0.0696. The van der Waals surface area contributed by atoms with Crippen molar-refractivity contribution >= 4 is 12.4 Å². The van der Waals surface area contributed by atoms with Crippen molar-refractivity contribution in [3.63, 3.8) is 0 Å². The highest BCUT2D eigenvalue weighted by molar-refractivity contribution is 5.74. The summed E-state index contributed by atoms with van der Waals surface area (Å²) in [6.45, 7) is 4.98. The van der Waals surface area contributed by atoms with Gasteiger partial charge < -0.3 is 10.0 Å². The van der Waals surface area contributed by atoms with Crippen LogP contribution >= 0.6 is 0 Å². The van der Waals surface area contributed by atoms with Gasteiger partial charge in [-0.15, -0.1) is 0 Å². The lowest BCUT2D eigenvalue weighted by Gasteiger charge is -2.15. The number of amides is 1. The van der Waals surface area contributed by atoms with E-state index in [4.69, 9.17) is 0 Å². The fourth-order valence-corrected chi connectivity index (χ4v) is 3.36. The van der Waals surface area contributed by atoms with Crippen LogP contribution in [-0.4, -0.2) is 22.4 Å². The highest BCUT2D eigenvalue weighted by Crippen LogP contribution is 2.33. The molecule has 4 heteroatoms. The van der Waals surface area contributed by atoms with E-state index in [2.05, 4.69) is 11.8 Å². The van der Waals surface area contributed by atoms with Gasteiger partial charge in [0.05, 0.1) is 6.42 Å². The Balaban J connectivity index is 2.17. The zero-order chi connectivity index (χ0) is 18.0. The molecule has 0 bridgehead atoms. The van der Waals surface area contributed by atoms with Crippen LogP contribution in [0, 0.1) is 25.7 Å². The van der Waals surface area contributed by atoms with Crippen molar-refractivity contribution < 1.29 is 14.7 Å². The average molecular weight is 333 g/mol. The third-order valence-electron chi connectivity index (χ3n) is 4.70. The number of fused-ring (bicyclic) bond motifs is 1. The SMILES string of the molecule is Cc1c(C#Cc2ccccc2)c(CC(=O)O)c(C)c2c1CN(C=O)C2. The standard InChI is InChI=1S/C21H19NO3/c1-14-17(9-8-16-6-4-3-5-7-16)18(10-21(24)25)15(2)20-12-22(13-23)11-19(14)20/h3-7,13H,10-12H2,1-2H3,(H,24,25). The third kappa shape index (κ3) is 3.27.